The summed E-state index contributed by atoms with van der Waals surface area (Å²) in [6, 6.07) is 3.23. The molecular formula is C12H16ClN3O2. The number of hydrogen-bond donors (Lipinski definition) is 1. The Morgan fingerprint density at radius 2 is 2.28 bits per heavy atom. The first-order valence-corrected chi connectivity index (χ1v) is 6.46. The lowest BCUT2D eigenvalue weighted by Crippen LogP contribution is -2.34. The molecule has 0 saturated heterocycles. The molecule has 1 aliphatic carbocycles. The molecule has 0 atom stereocenters. The van der Waals surface area contributed by atoms with E-state index in [4.69, 9.17) is 16.3 Å². The van der Waals surface area contributed by atoms with Crippen molar-refractivity contribution in [3.8, 4) is 0 Å². The fraction of sp³-hybridized carbons (Fsp3) is 0.583. The number of rotatable bonds is 5. The van der Waals surface area contributed by atoms with Crippen molar-refractivity contribution in [2.24, 2.45) is 5.92 Å². The summed E-state index contributed by atoms with van der Waals surface area (Å²) in [5.41, 5.74) is 0. The standard InChI is InChI=1S/C12H16ClN3O2/c1-2-18-9-5-8(6-9)7-12(17)14-11-4-3-10(13)15-16-11/h3-4,8-9H,2,5-7H2,1H3,(H,14,16,17). The maximum absolute atomic E-state index is 11.7. The molecule has 1 heterocycles. The van der Waals surface area contributed by atoms with E-state index in [0.29, 0.717) is 29.4 Å². The average Bonchev–Trinajstić information content (AvgIpc) is 2.29. The molecule has 0 unspecified atom stereocenters. The van der Waals surface area contributed by atoms with Crippen molar-refractivity contribution < 1.29 is 9.53 Å². The van der Waals surface area contributed by atoms with Gasteiger partial charge in [0.25, 0.3) is 0 Å². The molecule has 1 aromatic rings. The zero-order chi connectivity index (χ0) is 13.0. The van der Waals surface area contributed by atoms with Crippen molar-refractivity contribution in [2.45, 2.75) is 32.3 Å². The molecule has 5 nitrogen and oxygen atoms in total. The summed E-state index contributed by atoms with van der Waals surface area (Å²) in [6.07, 6.45) is 2.78. The van der Waals surface area contributed by atoms with Gasteiger partial charge in [0.15, 0.2) is 11.0 Å². The van der Waals surface area contributed by atoms with Gasteiger partial charge in [0.1, 0.15) is 0 Å². The second kappa shape index (κ2) is 6.11. The average molecular weight is 270 g/mol. The molecule has 1 fully saturated rings. The number of ether oxygens (including phenoxy) is 1. The second-order valence-electron chi connectivity index (χ2n) is 4.41. The number of nitrogens with one attached hydrogen (secondary N) is 1. The van der Waals surface area contributed by atoms with Gasteiger partial charge in [-0.3, -0.25) is 4.79 Å². The third-order valence-electron chi connectivity index (χ3n) is 2.97. The van der Waals surface area contributed by atoms with E-state index < -0.39 is 0 Å². The summed E-state index contributed by atoms with van der Waals surface area (Å²) in [6.45, 7) is 2.73. The minimum atomic E-state index is -0.0356. The zero-order valence-corrected chi connectivity index (χ0v) is 11.0. The van der Waals surface area contributed by atoms with Crippen LogP contribution < -0.4 is 5.32 Å². The molecule has 18 heavy (non-hydrogen) atoms. The maximum atomic E-state index is 11.7. The summed E-state index contributed by atoms with van der Waals surface area (Å²) in [5.74, 6) is 0.818. The molecule has 0 radical (unpaired) electrons. The maximum Gasteiger partial charge on any atom is 0.225 e. The minimum absolute atomic E-state index is 0.0356. The van der Waals surface area contributed by atoms with E-state index >= 15 is 0 Å². The predicted molar refractivity (Wildman–Crippen MR) is 68.4 cm³/mol. The van der Waals surface area contributed by atoms with Gasteiger partial charge >= 0.3 is 0 Å². The minimum Gasteiger partial charge on any atom is -0.378 e. The summed E-state index contributed by atoms with van der Waals surface area (Å²) in [4.78, 5) is 11.7. The van der Waals surface area contributed by atoms with Crippen LogP contribution in [0.1, 0.15) is 26.2 Å². The number of carbonyl (C=O) groups is 1. The number of aromatic nitrogens is 2. The van der Waals surface area contributed by atoms with Crippen molar-refractivity contribution in [3.63, 3.8) is 0 Å². The van der Waals surface area contributed by atoms with Crippen LogP contribution in [0.2, 0.25) is 5.15 Å². The summed E-state index contributed by atoms with van der Waals surface area (Å²) in [5, 5.41) is 10.5. The van der Waals surface area contributed by atoms with Gasteiger partial charge in [0.2, 0.25) is 5.91 Å². The van der Waals surface area contributed by atoms with Gasteiger partial charge in [-0.25, -0.2) is 0 Å². The molecule has 2 rings (SSSR count). The van der Waals surface area contributed by atoms with Gasteiger partial charge in [0.05, 0.1) is 6.10 Å². The Labute approximate surface area is 111 Å². The van der Waals surface area contributed by atoms with Crippen molar-refractivity contribution in [3.05, 3.63) is 17.3 Å². The molecule has 1 amide bonds. The SMILES string of the molecule is CCOC1CC(CC(=O)Nc2ccc(Cl)nn2)C1. The van der Waals surface area contributed by atoms with Crippen LogP contribution in [0, 0.1) is 5.92 Å². The molecule has 1 aliphatic rings. The smallest absolute Gasteiger partial charge is 0.225 e. The molecule has 0 aromatic carbocycles. The molecule has 1 saturated carbocycles. The van der Waals surface area contributed by atoms with Crippen LogP contribution in [-0.4, -0.2) is 28.8 Å². The number of amides is 1. The molecule has 98 valence electrons. The first-order chi connectivity index (χ1) is 8.67. The fourth-order valence-corrected chi connectivity index (χ4v) is 2.15. The number of nitrogens with zero attached hydrogens (tertiary/aromatic N) is 2. The van der Waals surface area contributed by atoms with Crippen LogP contribution in [0.5, 0.6) is 0 Å². The topological polar surface area (TPSA) is 64.1 Å². The Morgan fingerprint density at radius 1 is 1.50 bits per heavy atom. The molecule has 0 aliphatic heterocycles. The lowest BCUT2D eigenvalue weighted by Gasteiger charge is -2.34. The number of carbonyl (C=O) groups excluding carboxylic acids is 1. The lowest BCUT2D eigenvalue weighted by molar-refractivity contribution is -0.119. The highest BCUT2D eigenvalue weighted by Crippen LogP contribution is 2.32. The van der Waals surface area contributed by atoms with Crippen LogP contribution in [0.4, 0.5) is 5.82 Å². The summed E-state index contributed by atoms with van der Waals surface area (Å²) < 4.78 is 5.45. The van der Waals surface area contributed by atoms with Gasteiger partial charge < -0.3 is 10.1 Å². The van der Waals surface area contributed by atoms with Crippen molar-refractivity contribution in [1.82, 2.24) is 10.2 Å². The van der Waals surface area contributed by atoms with E-state index in [2.05, 4.69) is 15.5 Å². The summed E-state index contributed by atoms with van der Waals surface area (Å²) >= 11 is 5.61. The van der Waals surface area contributed by atoms with Crippen LogP contribution in [0.25, 0.3) is 0 Å². The molecule has 1 aromatic heterocycles. The van der Waals surface area contributed by atoms with Gasteiger partial charge in [-0.15, -0.1) is 10.2 Å². The zero-order valence-electron chi connectivity index (χ0n) is 10.2. The number of hydrogen-bond acceptors (Lipinski definition) is 4. The van der Waals surface area contributed by atoms with E-state index in [1.165, 1.54) is 0 Å². The van der Waals surface area contributed by atoms with Crippen molar-refractivity contribution in [2.75, 3.05) is 11.9 Å². The Hall–Kier alpha value is -1.20. The normalized spacial score (nSPS) is 22.3. The van der Waals surface area contributed by atoms with E-state index in [9.17, 15) is 4.79 Å². The van der Waals surface area contributed by atoms with E-state index in [1.807, 2.05) is 6.92 Å². The van der Waals surface area contributed by atoms with Crippen molar-refractivity contribution in [1.29, 1.82) is 0 Å². The first-order valence-electron chi connectivity index (χ1n) is 6.08. The van der Waals surface area contributed by atoms with Crippen LogP contribution in [0.3, 0.4) is 0 Å². The van der Waals surface area contributed by atoms with E-state index in [0.717, 1.165) is 19.4 Å². The summed E-state index contributed by atoms with van der Waals surface area (Å²) in [7, 11) is 0. The highest BCUT2D eigenvalue weighted by molar-refractivity contribution is 6.29. The van der Waals surface area contributed by atoms with Crippen LogP contribution in [-0.2, 0) is 9.53 Å². The Bertz CT molecular complexity index is 404. The number of halogens is 1. The number of anilines is 1. The van der Waals surface area contributed by atoms with Gasteiger partial charge in [-0.05, 0) is 37.8 Å². The van der Waals surface area contributed by atoms with Gasteiger partial charge in [0, 0.05) is 13.0 Å². The van der Waals surface area contributed by atoms with E-state index in [1.54, 1.807) is 12.1 Å². The van der Waals surface area contributed by atoms with E-state index in [-0.39, 0.29) is 5.91 Å². The highest BCUT2D eigenvalue weighted by Gasteiger charge is 2.31. The quantitative estimate of drug-likeness (QED) is 0.891. The highest BCUT2D eigenvalue weighted by atomic mass is 35.5. The molecule has 0 spiro atoms. The van der Waals surface area contributed by atoms with Crippen LogP contribution >= 0.6 is 11.6 Å². The molecule has 0 bridgehead atoms. The lowest BCUT2D eigenvalue weighted by atomic mass is 9.80. The van der Waals surface area contributed by atoms with Gasteiger partial charge in [-0.2, -0.15) is 0 Å². The largest absolute Gasteiger partial charge is 0.378 e. The Morgan fingerprint density at radius 3 is 2.89 bits per heavy atom. The Balaban J connectivity index is 1.72. The first kappa shape index (κ1) is 13.2. The molecule has 6 heteroatoms. The third kappa shape index (κ3) is 3.65. The third-order valence-corrected chi connectivity index (χ3v) is 3.17. The van der Waals surface area contributed by atoms with Crippen molar-refractivity contribution >= 4 is 23.3 Å². The Kier molecular flexibility index (Phi) is 4.49. The second-order valence-corrected chi connectivity index (χ2v) is 4.80. The van der Waals surface area contributed by atoms with Crippen LogP contribution in [0.15, 0.2) is 12.1 Å². The monoisotopic (exact) mass is 269 g/mol. The predicted octanol–water partition coefficient (Wildman–Crippen LogP) is 2.27. The fourth-order valence-electron chi connectivity index (χ4n) is 2.05. The molecule has 1 N–H and O–H groups in total. The van der Waals surface area contributed by atoms with Gasteiger partial charge in [-0.1, -0.05) is 11.6 Å². The molecular weight excluding hydrogens is 254 g/mol.